The van der Waals surface area contributed by atoms with E-state index in [1.807, 2.05) is 34.0 Å². The molecule has 0 spiro atoms. The number of anilines is 1. The summed E-state index contributed by atoms with van der Waals surface area (Å²) >= 11 is 0. The van der Waals surface area contributed by atoms with Crippen LogP contribution in [-0.4, -0.2) is 12.0 Å². The van der Waals surface area contributed by atoms with Crippen molar-refractivity contribution in [3.8, 4) is 0 Å². The van der Waals surface area contributed by atoms with Gasteiger partial charge in [-0.05, 0) is 25.0 Å². The second kappa shape index (κ2) is 6.46. The van der Waals surface area contributed by atoms with Crippen LogP contribution in [0.4, 0.5) is 5.69 Å². The number of rotatable bonds is 2. The molecule has 0 saturated carbocycles. The highest BCUT2D eigenvalue weighted by Crippen LogP contribution is 2.13. The van der Waals surface area contributed by atoms with Crippen LogP contribution in [0, 0.1) is 6.92 Å². The van der Waals surface area contributed by atoms with Crippen LogP contribution in [0.15, 0.2) is 12.3 Å². The van der Waals surface area contributed by atoms with Crippen molar-refractivity contribution < 1.29 is 0 Å². The first-order chi connectivity index (χ1) is 6.27. The minimum absolute atomic E-state index is 0.983. The second-order valence-corrected chi connectivity index (χ2v) is 2.61. The van der Waals surface area contributed by atoms with E-state index in [4.69, 9.17) is 0 Å². The summed E-state index contributed by atoms with van der Waals surface area (Å²) in [7, 11) is 1.93. The molecule has 1 heterocycles. The third kappa shape index (κ3) is 3.45. The number of pyridine rings is 1. The van der Waals surface area contributed by atoms with Gasteiger partial charge in [-0.1, -0.05) is 20.8 Å². The van der Waals surface area contributed by atoms with Gasteiger partial charge in [-0.3, -0.25) is 4.98 Å². The fourth-order valence-corrected chi connectivity index (χ4v) is 1.10. The molecule has 0 aliphatic carbocycles. The van der Waals surface area contributed by atoms with Crippen LogP contribution < -0.4 is 5.32 Å². The minimum Gasteiger partial charge on any atom is -0.387 e. The molecule has 2 nitrogen and oxygen atoms in total. The van der Waals surface area contributed by atoms with Crippen molar-refractivity contribution in [3.05, 3.63) is 23.5 Å². The maximum Gasteiger partial charge on any atom is 0.0631 e. The van der Waals surface area contributed by atoms with Crippen LogP contribution in [0.2, 0.25) is 0 Å². The summed E-state index contributed by atoms with van der Waals surface area (Å²) in [6.45, 7) is 8.16. The molecule has 1 N–H and O–H groups in total. The third-order valence-electron chi connectivity index (χ3n) is 1.71. The molecule has 0 saturated heterocycles. The van der Waals surface area contributed by atoms with E-state index < -0.39 is 0 Å². The first-order valence-electron chi connectivity index (χ1n) is 4.91. The summed E-state index contributed by atoms with van der Waals surface area (Å²) in [6, 6.07) is 2.12. The lowest BCUT2D eigenvalue weighted by Crippen LogP contribution is -1.97. The van der Waals surface area contributed by atoms with Crippen LogP contribution >= 0.6 is 0 Å². The van der Waals surface area contributed by atoms with Gasteiger partial charge in [0.1, 0.15) is 0 Å². The van der Waals surface area contributed by atoms with Crippen LogP contribution in [-0.2, 0) is 6.42 Å². The lowest BCUT2D eigenvalue weighted by molar-refractivity contribution is 1.03. The molecule has 0 aliphatic heterocycles. The van der Waals surface area contributed by atoms with Gasteiger partial charge < -0.3 is 5.32 Å². The van der Waals surface area contributed by atoms with Crippen LogP contribution in [0.5, 0.6) is 0 Å². The molecule has 0 atom stereocenters. The molecule has 0 amide bonds. The monoisotopic (exact) mass is 180 g/mol. The first kappa shape index (κ1) is 11.9. The van der Waals surface area contributed by atoms with Crippen LogP contribution in [0.25, 0.3) is 0 Å². The molecule has 1 rings (SSSR count). The number of aromatic nitrogens is 1. The van der Waals surface area contributed by atoms with Crippen molar-refractivity contribution in [3.63, 3.8) is 0 Å². The lowest BCUT2D eigenvalue weighted by atomic mass is 10.2. The average molecular weight is 180 g/mol. The average Bonchev–Trinajstić information content (AvgIpc) is 2.20. The number of aryl methyl sites for hydroxylation is 2. The van der Waals surface area contributed by atoms with Gasteiger partial charge in [0.05, 0.1) is 11.4 Å². The molecule has 2 heteroatoms. The van der Waals surface area contributed by atoms with Gasteiger partial charge in [-0.25, -0.2) is 0 Å². The standard InChI is InChI=1S/C9H14N2.C2H6/c1-4-8-9(10-3)5-7(2)6-11-8;1-2/h5-6,10H,4H2,1-3H3;1-2H3. The molecular formula is C11H20N2. The molecule has 0 fully saturated rings. The van der Waals surface area contributed by atoms with E-state index in [2.05, 4.69) is 23.3 Å². The molecule has 0 aromatic carbocycles. The van der Waals surface area contributed by atoms with E-state index in [1.165, 1.54) is 5.56 Å². The minimum atomic E-state index is 0.983. The Balaban J connectivity index is 0.000000671. The van der Waals surface area contributed by atoms with Gasteiger partial charge in [-0.15, -0.1) is 0 Å². The summed E-state index contributed by atoms with van der Waals surface area (Å²) in [5, 5.41) is 3.12. The highest BCUT2D eigenvalue weighted by atomic mass is 14.9. The van der Waals surface area contributed by atoms with Crippen molar-refractivity contribution in [2.24, 2.45) is 0 Å². The molecular weight excluding hydrogens is 160 g/mol. The fraction of sp³-hybridized carbons (Fsp3) is 0.545. The molecule has 0 unspecified atom stereocenters. The van der Waals surface area contributed by atoms with Crippen molar-refractivity contribution in [1.82, 2.24) is 4.98 Å². The van der Waals surface area contributed by atoms with Gasteiger partial charge in [0.25, 0.3) is 0 Å². The van der Waals surface area contributed by atoms with Gasteiger partial charge >= 0.3 is 0 Å². The molecule has 0 aliphatic rings. The zero-order valence-electron chi connectivity index (χ0n) is 9.31. The summed E-state index contributed by atoms with van der Waals surface area (Å²) in [4.78, 5) is 4.31. The van der Waals surface area contributed by atoms with Crippen molar-refractivity contribution in [2.45, 2.75) is 34.1 Å². The van der Waals surface area contributed by atoms with Crippen LogP contribution in [0.3, 0.4) is 0 Å². The van der Waals surface area contributed by atoms with Crippen LogP contribution in [0.1, 0.15) is 32.0 Å². The van der Waals surface area contributed by atoms with E-state index in [0.717, 1.165) is 17.8 Å². The summed E-state index contributed by atoms with van der Waals surface area (Å²) in [5.41, 5.74) is 3.48. The maximum absolute atomic E-state index is 4.31. The highest BCUT2D eigenvalue weighted by molar-refractivity contribution is 5.48. The highest BCUT2D eigenvalue weighted by Gasteiger charge is 1.98. The van der Waals surface area contributed by atoms with Crippen molar-refractivity contribution in [1.29, 1.82) is 0 Å². The van der Waals surface area contributed by atoms with Crippen molar-refractivity contribution in [2.75, 3.05) is 12.4 Å². The zero-order valence-corrected chi connectivity index (χ0v) is 9.31. The topological polar surface area (TPSA) is 24.9 Å². The van der Waals surface area contributed by atoms with E-state index in [9.17, 15) is 0 Å². The maximum atomic E-state index is 4.31. The SMILES string of the molecule is CC.CCc1ncc(C)cc1NC. The Hall–Kier alpha value is -1.05. The summed E-state index contributed by atoms with van der Waals surface area (Å²) in [5.74, 6) is 0. The van der Waals surface area contributed by atoms with Gasteiger partial charge in [0, 0.05) is 13.2 Å². The number of nitrogens with one attached hydrogen (secondary N) is 1. The number of hydrogen-bond acceptors (Lipinski definition) is 2. The smallest absolute Gasteiger partial charge is 0.0631 e. The second-order valence-electron chi connectivity index (χ2n) is 2.61. The fourth-order valence-electron chi connectivity index (χ4n) is 1.10. The Morgan fingerprint density at radius 3 is 2.46 bits per heavy atom. The Labute approximate surface area is 81.4 Å². The molecule has 1 aromatic heterocycles. The summed E-state index contributed by atoms with van der Waals surface area (Å²) < 4.78 is 0. The molecule has 0 radical (unpaired) electrons. The molecule has 74 valence electrons. The predicted molar refractivity (Wildman–Crippen MR) is 59.2 cm³/mol. The van der Waals surface area contributed by atoms with Gasteiger partial charge in [-0.2, -0.15) is 0 Å². The van der Waals surface area contributed by atoms with E-state index in [-0.39, 0.29) is 0 Å². The normalized spacial score (nSPS) is 8.69. The first-order valence-corrected chi connectivity index (χ1v) is 4.91. The third-order valence-corrected chi connectivity index (χ3v) is 1.71. The molecule has 13 heavy (non-hydrogen) atoms. The quantitative estimate of drug-likeness (QED) is 0.756. The van der Waals surface area contributed by atoms with E-state index in [1.54, 1.807) is 0 Å². The molecule has 0 bridgehead atoms. The van der Waals surface area contributed by atoms with Gasteiger partial charge in [0.2, 0.25) is 0 Å². The lowest BCUT2D eigenvalue weighted by Gasteiger charge is -2.05. The Morgan fingerprint density at radius 1 is 1.38 bits per heavy atom. The Kier molecular flexibility index (Phi) is 5.94. The van der Waals surface area contributed by atoms with Gasteiger partial charge in [0.15, 0.2) is 0 Å². The number of nitrogens with zero attached hydrogens (tertiary/aromatic N) is 1. The zero-order chi connectivity index (χ0) is 10.3. The Morgan fingerprint density at radius 2 is 2.00 bits per heavy atom. The molecule has 1 aromatic rings. The largest absolute Gasteiger partial charge is 0.387 e. The predicted octanol–water partition coefficient (Wildman–Crippen LogP) is 3.02. The van der Waals surface area contributed by atoms with E-state index >= 15 is 0 Å². The number of hydrogen-bond donors (Lipinski definition) is 1. The van der Waals surface area contributed by atoms with Crippen molar-refractivity contribution >= 4 is 5.69 Å². The summed E-state index contributed by atoms with van der Waals surface area (Å²) in [6.07, 6.45) is 2.89. The van der Waals surface area contributed by atoms with E-state index in [0.29, 0.717) is 0 Å². The Bertz CT molecular complexity index is 244.